The highest BCUT2D eigenvalue weighted by Gasteiger charge is 2.29. The second-order valence-corrected chi connectivity index (χ2v) is 5.38. The fourth-order valence-electron chi connectivity index (χ4n) is 2.58. The Morgan fingerprint density at radius 1 is 1.45 bits per heavy atom. The van der Waals surface area contributed by atoms with Crippen LogP contribution >= 0.6 is 11.6 Å². The Balaban J connectivity index is 1.88. The molecule has 20 heavy (non-hydrogen) atoms. The number of nitrogens with one attached hydrogen (secondary N) is 1. The van der Waals surface area contributed by atoms with E-state index in [-0.39, 0.29) is 11.7 Å². The normalized spacial score (nSPS) is 21.8. The van der Waals surface area contributed by atoms with E-state index in [0.29, 0.717) is 35.9 Å². The Kier molecular flexibility index (Phi) is 3.68. The zero-order valence-corrected chi connectivity index (χ0v) is 12.0. The highest BCUT2D eigenvalue weighted by Crippen LogP contribution is 2.38. The summed E-state index contributed by atoms with van der Waals surface area (Å²) in [7, 11) is 1.59. The molecule has 1 saturated heterocycles. The lowest BCUT2D eigenvalue weighted by molar-refractivity contribution is -0.123. The summed E-state index contributed by atoms with van der Waals surface area (Å²) in [5.74, 6) is 2.10. The minimum absolute atomic E-state index is 0.193. The molecule has 106 valence electrons. The van der Waals surface area contributed by atoms with Gasteiger partial charge >= 0.3 is 0 Å². The van der Waals surface area contributed by atoms with E-state index >= 15 is 0 Å². The van der Waals surface area contributed by atoms with Crippen LogP contribution < -0.4 is 14.8 Å². The predicted octanol–water partition coefficient (Wildman–Crippen LogP) is 2.35. The summed E-state index contributed by atoms with van der Waals surface area (Å²) >= 11 is 6.22. The van der Waals surface area contributed by atoms with Crippen molar-refractivity contribution >= 4 is 17.4 Å². The van der Waals surface area contributed by atoms with Crippen molar-refractivity contribution in [3.05, 3.63) is 34.6 Å². The number of allylic oxidation sites excluding steroid dienone is 1. The number of rotatable bonds is 2. The summed E-state index contributed by atoms with van der Waals surface area (Å²) in [6, 6.07) is 3.59. The van der Waals surface area contributed by atoms with Crippen LogP contribution in [-0.4, -0.2) is 26.0 Å². The number of methoxy groups -OCH3 is 1. The molecule has 5 heteroatoms. The molecule has 4 nitrogen and oxygen atoms in total. The van der Waals surface area contributed by atoms with E-state index < -0.39 is 0 Å². The van der Waals surface area contributed by atoms with Gasteiger partial charge in [0.1, 0.15) is 23.0 Å². The molecule has 2 aliphatic rings. The number of hydrogen-bond donors (Lipinski definition) is 1. The highest BCUT2D eigenvalue weighted by molar-refractivity contribution is 6.31. The number of Topliss-reactive ketones (excluding diaryl/α,β-unsaturated/α-hetero) is 1. The molecule has 0 aliphatic carbocycles. The van der Waals surface area contributed by atoms with Gasteiger partial charge in [-0.15, -0.1) is 0 Å². The molecule has 0 radical (unpaired) electrons. The first kappa shape index (κ1) is 13.5. The van der Waals surface area contributed by atoms with Crippen LogP contribution in [0.15, 0.2) is 24.0 Å². The number of carbonyl (C=O) groups excluding carboxylic acids is 1. The molecule has 0 saturated carbocycles. The van der Waals surface area contributed by atoms with E-state index in [1.807, 2.05) is 12.1 Å². The van der Waals surface area contributed by atoms with Crippen LogP contribution in [-0.2, 0) is 11.2 Å². The fraction of sp³-hybridized carbons (Fsp3) is 0.400. The molecular weight excluding hydrogens is 278 g/mol. The lowest BCUT2D eigenvalue weighted by atomic mass is 9.93. The minimum Gasteiger partial charge on any atom is -0.497 e. The van der Waals surface area contributed by atoms with Gasteiger partial charge in [-0.05, 0) is 18.6 Å². The molecule has 0 bridgehead atoms. The minimum atomic E-state index is -0.193. The van der Waals surface area contributed by atoms with Crippen molar-refractivity contribution in [2.45, 2.75) is 12.8 Å². The largest absolute Gasteiger partial charge is 0.497 e. The van der Waals surface area contributed by atoms with Crippen molar-refractivity contribution in [2.75, 3.05) is 20.2 Å². The van der Waals surface area contributed by atoms with Gasteiger partial charge in [0.05, 0.1) is 18.1 Å². The number of hydrogen-bond acceptors (Lipinski definition) is 4. The van der Waals surface area contributed by atoms with Crippen molar-refractivity contribution in [1.82, 2.24) is 5.32 Å². The standard InChI is InChI=1S/C15H16ClNO3/c1-19-9-6-12(16)10-2-3-14(20-15(10)7-9)11-8-17-5-4-13(11)18/h3,6-7,11,17H,2,4-5,8H2,1H3. The van der Waals surface area contributed by atoms with Crippen molar-refractivity contribution < 1.29 is 14.3 Å². The lowest BCUT2D eigenvalue weighted by Gasteiger charge is -2.27. The molecule has 1 N–H and O–H groups in total. The number of halogens is 1. The van der Waals surface area contributed by atoms with Gasteiger partial charge in [0.2, 0.25) is 0 Å². The topological polar surface area (TPSA) is 47.6 Å². The summed E-state index contributed by atoms with van der Waals surface area (Å²) in [4.78, 5) is 12.0. The Hall–Kier alpha value is -1.52. The van der Waals surface area contributed by atoms with E-state index in [0.717, 1.165) is 17.9 Å². The first-order chi connectivity index (χ1) is 9.69. The molecule has 2 heterocycles. The molecule has 1 unspecified atom stereocenters. The Morgan fingerprint density at radius 2 is 2.30 bits per heavy atom. The molecule has 0 aromatic heterocycles. The quantitative estimate of drug-likeness (QED) is 0.909. The summed E-state index contributed by atoms with van der Waals surface area (Å²) in [5.41, 5.74) is 0.937. The van der Waals surface area contributed by atoms with Gasteiger partial charge in [0, 0.05) is 31.1 Å². The Morgan fingerprint density at radius 3 is 3.05 bits per heavy atom. The summed E-state index contributed by atoms with van der Waals surface area (Å²) in [5, 5.41) is 3.86. The smallest absolute Gasteiger partial charge is 0.146 e. The molecule has 0 spiro atoms. The van der Waals surface area contributed by atoms with Crippen molar-refractivity contribution in [1.29, 1.82) is 0 Å². The van der Waals surface area contributed by atoms with Crippen LogP contribution in [0.1, 0.15) is 12.0 Å². The monoisotopic (exact) mass is 293 g/mol. The first-order valence-corrected chi connectivity index (χ1v) is 7.04. The van der Waals surface area contributed by atoms with E-state index in [4.69, 9.17) is 21.1 Å². The molecule has 1 fully saturated rings. The molecule has 1 aromatic rings. The van der Waals surface area contributed by atoms with Gasteiger partial charge < -0.3 is 14.8 Å². The van der Waals surface area contributed by atoms with Crippen LogP contribution in [0.25, 0.3) is 0 Å². The first-order valence-electron chi connectivity index (χ1n) is 6.67. The molecule has 1 atom stereocenters. The number of piperidine rings is 1. The van der Waals surface area contributed by atoms with E-state index in [1.54, 1.807) is 13.2 Å². The van der Waals surface area contributed by atoms with Crippen molar-refractivity contribution in [3.8, 4) is 11.5 Å². The lowest BCUT2D eigenvalue weighted by Crippen LogP contribution is -2.39. The number of carbonyl (C=O) groups is 1. The number of ketones is 1. The average molecular weight is 294 g/mol. The van der Waals surface area contributed by atoms with Crippen LogP contribution in [0.4, 0.5) is 0 Å². The number of ether oxygens (including phenoxy) is 2. The van der Waals surface area contributed by atoms with Crippen molar-refractivity contribution in [2.24, 2.45) is 5.92 Å². The number of benzene rings is 1. The third-order valence-corrected chi connectivity index (χ3v) is 4.06. The maximum atomic E-state index is 12.0. The second kappa shape index (κ2) is 5.46. The SMILES string of the molecule is COc1cc(Cl)c2c(c1)OC(C1CNCCC1=O)=CC2. The van der Waals surface area contributed by atoms with Crippen molar-refractivity contribution in [3.63, 3.8) is 0 Å². The highest BCUT2D eigenvalue weighted by atomic mass is 35.5. The van der Waals surface area contributed by atoms with Crippen LogP contribution in [0.2, 0.25) is 5.02 Å². The van der Waals surface area contributed by atoms with Crippen LogP contribution in [0, 0.1) is 5.92 Å². The second-order valence-electron chi connectivity index (χ2n) is 4.97. The summed E-state index contributed by atoms with van der Waals surface area (Å²) in [6.07, 6.45) is 3.19. The Bertz CT molecular complexity index is 583. The summed E-state index contributed by atoms with van der Waals surface area (Å²) < 4.78 is 11.1. The van der Waals surface area contributed by atoms with Gasteiger partial charge in [0.15, 0.2) is 0 Å². The van der Waals surface area contributed by atoms with Gasteiger partial charge in [-0.2, -0.15) is 0 Å². The van der Waals surface area contributed by atoms with Crippen LogP contribution in [0.3, 0.4) is 0 Å². The maximum Gasteiger partial charge on any atom is 0.146 e. The predicted molar refractivity (Wildman–Crippen MR) is 76.4 cm³/mol. The Labute approximate surface area is 122 Å². The average Bonchev–Trinajstić information content (AvgIpc) is 2.47. The molecule has 3 rings (SSSR count). The zero-order chi connectivity index (χ0) is 14.1. The van der Waals surface area contributed by atoms with Gasteiger partial charge in [-0.25, -0.2) is 0 Å². The molecule has 1 aromatic carbocycles. The van der Waals surface area contributed by atoms with E-state index in [9.17, 15) is 4.79 Å². The third-order valence-electron chi connectivity index (χ3n) is 3.73. The van der Waals surface area contributed by atoms with Gasteiger partial charge in [0.25, 0.3) is 0 Å². The third kappa shape index (κ3) is 2.41. The maximum absolute atomic E-state index is 12.0. The van der Waals surface area contributed by atoms with Gasteiger partial charge in [-0.3, -0.25) is 4.79 Å². The fourth-order valence-corrected chi connectivity index (χ4v) is 2.86. The number of fused-ring (bicyclic) bond motifs is 1. The zero-order valence-electron chi connectivity index (χ0n) is 11.2. The van der Waals surface area contributed by atoms with E-state index in [2.05, 4.69) is 5.32 Å². The summed E-state index contributed by atoms with van der Waals surface area (Å²) in [6.45, 7) is 1.39. The van der Waals surface area contributed by atoms with Gasteiger partial charge in [-0.1, -0.05) is 11.6 Å². The van der Waals surface area contributed by atoms with E-state index in [1.165, 1.54) is 0 Å². The van der Waals surface area contributed by atoms with Crippen LogP contribution in [0.5, 0.6) is 11.5 Å². The molecule has 0 amide bonds. The molecular formula is C15H16ClNO3. The molecule has 2 aliphatic heterocycles.